The van der Waals surface area contributed by atoms with Crippen LogP contribution in [0, 0.1) is 0 Å². The minimum absolute atomic E-state index is 0.764. The van der Waals surface area contributed by atoms with Crippen LogP contribution in [0.25, 0.3) is 0 Å². The monoisotopic (exact) mass is 1480 g/mol. The lowest BCUT2D eigenvalue weighted by atomic mass is 9.93. The summed E-state index contributed by atoms with van der Waals surface area (Å²) in [4.78, 5) is 49.9. The van der Waals surface area contributed by atoms with Crippen LogP contribution in [0.3, 0.4) is 0 Å². The lowest BCUT2D eigenvalue weighted by Crippen LogP contribution is -2.70. The van der Waals surface area contributed by atoms with E-state index in [1.807, 2.05) is 0 Å². The number of hydrogen-bond acceptors (Lipinski definition) is 41. The van der Waals surface area contributed by atoms with E-state index in [0.29, 0.717) is 0 Å². The number of aliphatic hydroxyl groups excluding tert-OH is 22. The first-order chi connectivity index (χ1) is 47.8. The minimum atomic E-state index is -2.46. The predicted molar refractivity (Wildman–Crippen MR) is 311 cm³/mol. The Kier molecular flexibility index (Phi) is 29.9. The van der Waals surface area contributed by atoms with Crippen LogP contribution in [-0.4, -0.2) is 434 Å². The van der Waals surface area contributed by atoms with E-state index < -0.39 is 322 Å². The van der Waals surface area contributed by atoms with Crippen LogP contribution < -0.4 is 21.3 Å². The molecule has 0 aliphatic carbocycles. The fourth-order valence-corrected chi connectivity index (χ4v) is 13.0. The normalized spacial score (nSPS) is 48.3. The van der Waals surface area contributed by atoms with Crippen molar-refractivity contribution in [1.82, 2.24) is 21.3 Å². The van der Waals surface area contributed by atoms with E-state index in [1.165, 1.54) is 0 Å². The van der Waals surface area contributed by atoms with Crippen molar-refractivity contribution in [3.05, 3.63) is 0 Å². The molecule has 8 fully saturated rings. The smallest absolute Gasteiger partial charge is 0.217 e. The molecular formula is C56H94N4O41. The molecule has 45 heteroatoms. The average Bonchev–Trinajstić information content (AvgIpc) is 0.777. The maximum Gasteiger partial charge on any atom is 0.217 e. The quantitative estimate of drug-likeness (QED) is 0.0382. The van der Waals surface area contributed by atoms with E-state index in [1.54, 1.807) is 0 Å². The third-order valence-corrected chi connectivity index (χ3v) is 18.2. The molecule has 0 spiro atoms. The summed E-state index contributed by atoms with van der Waals surface area (Å²) in [6, 6.07) is -6.98. The fourth-order valence-electron chi connectivity index (χ4n) is 13.0. The van der Waals surface area contributed by atoms with Crippen molar-refractivity contribution in [1.29, 1.82) is 0 Å². The SMILES string of the molecule is CC(=O)N[C@H]1[C@H](O[C@H]2[C@H](O)[C@@H](NC(C)=O)C(O)O[C@@H]2CO)O[C@H](CO)[C@@H](O[C@H]2O[C@H](CO[C@@H]3O[C@H](CO)[C@@H](O)[C@H](O)[C@@H]3O[C@@H]3O[C@H](CO)[C@@H](O[C@@H]4O[C@H](CO)[C@H](O)[C@H](O)[C@H]4O)[C@H](O)[C@H]3NC(C)=O)[C@@H](O)[C@H](O[C@H]3O[C@H](CO)[C@@H](O[C@@H]4O[C@H](CO)[C@@H](O)[C@H](O)[C@H]4NC(C)=O)[C@H](O)[C@@H]3O)[C@@H]2O)[C@@H]1O. The number of carbonyl (C=O) groups is 4. The van der Waals surface area contributed by atoms with Gasteiger partial charge in [-0.2, -0.15) is 0 Å². The molecular weight excluding hydrogens is 1380 g/mol. The fraction of sp³-hybridized carbons (Fsp3) is 0.929. The van der Waals surface area contributed by atoms with Crippen molar-refractivity contribution < 1.29 is 203 Å². The molecule has 0 radical (unpaired) electrons. The van der Waals surface area contributed by atoms with Crippen molar-refractivity contribution >= 4 is 23.6 Å². The van der Waals surface area contributed by atoms with E-state index in [4.69, 9.17) is 71.1 Å². The Morgan fingerprint density at radius 3 is 0.970 bits per heavy atom. The summed E-state index contributed by atoms with van der Waals surface area (Å²) < 4.78 is 88.0. The molecule has 584 valence electrons. The maximum absolute atomic E-state index is 12.9. The molecule has 26 N–H and O–H groups in total. The Bertz CT molecular complexity index is 2640. The van der Waals surface area contributed by atoms with Gasteiger partial charge in [0.1, 0.15) is 195 Å². The zero-order valence-electron chi connectivity index (χ0n) is 54.3. The summed E-state index contributed by atoms with van der Waals surface area (Å²) >= 11 is 0. The number of nitrogens with one attached hydrogen (secondary N) is 4. The number of aliphatic hydroxyl groups is 22. The number of amides is 4. The molecule has 0 saturated carbocycles. The van der Waals surface area contributed by atoms with Gasteiger partial charge < -0.3 is 205 Å². The molecule has 45 nitrogen and oxygen atoms in total. The molecule has 0 aromatic heterocycles. The van der Waals surface area contributed by atoms with Gasteiger partial charge in [0.15, 0.2) is 50.3 Å². The lowest BCUT2D eigenvalue weighted by molar-refractivity contribution is -0.392. The van der Waals surface area contributed by atoms with Crippen LogP contribution >= 0.6 is 0 Å². The molecule has 8 saturated heterocycles. The standard InChI is InChI=1S/C56H94N4O41/c1-13(68)57-25-34(77)43(20(8-64)88-49(25)86)96-51-27(59-15(3)70)35(78)45(22(10-66)92-51)99-55-42(85)47(100-54-41(84)39(82)46(23(11-67)94-54)97-50-26(58-14(2)69)33(76)29(72)17(5-61)89-50)32(75)24(95-55)12-87-56-48(38(81)31(74)19(7-63)91-56)101-52-28(60-16(4)71)36(79)44(21(9-65)93-52)98-53-40(83)37(80)30(73)18(6-62)90-53/h17-56,61-67,72-86H,5-12H2,1-4H3,(H,57,68)(H,58,69)(H,59,70)(H,60,71)/t17-,18-,19-,20-,21-,22-,23-,24-,25-,26-,27-,28-,29-,30+,31-,32-,33-,34-,35-,36-,37+,38+,39-,40-,41+,42+,43-,44-,45-,46-,47+,48+,49?,50+,51+,52+,53+,54-,55-,56-/m1/s1. The van der Waals surface area contributed by atoms with E-state index >= 15 is 0 Å². The Hall–Kier alpha value is -3.60. The van der Waals surface area contributed by atoms with Crippen LogP contribution in [0.15, 0.2) is 0 Å². The summed E-state index contributed by atoms with van der Waals surface area (Å²) in [5.41, 5.74) is 0. The van der Waals surface area contributed by atoms with Gasteiger partial charge in [0, 0.05) is 27.7 Å². The maximum atomic E-state index is 12.9. The van der Waals surface area contributed by atoms with Gasteiger partial charge in [-0.25, -0.2) is 0 Å². The van der Waals surface area contributed by atoms with Crippen molar-refractivity contribution in [3.63, 3.8) is 0 Å². The number of carbonyl (C=O) groups excluding carboxylic acids is 4. The Labute approximate surface area is 572 Å². The van der Waals surface area contributed by atoms with Crippen LogP contribution in [0.1, 0.15) is 27.7 Å². The molecule has 8 aliphatic heterocycles. The van der Waals surface area contributed by atoms with Gasteiger partial charge in [0.2, 0.25) is 23.6 Å². The largest absolute Gasteiger partial charge is 0.394 e. The molecule has 0 aromatic carbocycles. The second-order valence-electron chi connectivity index (χ2n) is 25.4. The molecule has 8 rings (SSSR count). The lowest BCUT2D eigenvalue weighted by Gasteiger charge is -2.51. The predicted octanol–water partition coefficient (Wildman–Crippen LogP) is -17.9. The molecule has 1 unspecified atom stereocenters. The zero-order valence-corrected chi connectivity index (χ0v) is 54.3. The van der Waals surface area contributed by atoms with Crippen molar-refractivity contribution in [2.24, 2.45) is 0 Å². The molecule has 8 heterocycles. The highest BCUT2D eigenvalue weighted by Gasteiger charge is 2.60. The van der Waals surface area contributed by atoms with Gasteiger partial charge in [0.25, 0.3) is 0 Å². The molecule has 101 heavy (non-hydrogen) atoms. The van der Waals surface area contributed by atoms with Crippen molar-refractivity contribution in [2.45, 2.75) is 273 Å². The van der Waals surface area contributed by atoms with Gasteiger partial charge in [-0.1, -0.05) is 0 Å². The van der Waals surface area contributed by atoms with Gasteiger partial charge in [-0.15, -0.1) is 0 Å². The highest BCUT2D eigenvalue weighted by atomic mass is 16.8. The zero-order chi connectivity index (χ0) is 74.5. The van der Waals surface area contributed by atoms with E-state index in [-0.39, 0.29) is 0 Å². The first-order valence-corrected chi connectivity index (χ1v) is 32.1. The average molecular weight is 1480 g/mol. The minimum Gasteiger partial charge on any atom is -0.394 e. The first-order valence-electron chi connectivity index (χ1n) is 32.1. The van der Waals surface area contributed by atoms with Crippen LogP contribution in [-0.2, 0) is 90.2 Å². The van der Waals surface area contributed by atoms with Gasteiger partial charge >= 0.3 is 0 Å². The van der Waals surface area contributed by atoms with Crippen LogP contribution in [0.2, 0.25) is 0 Å². The Morgan fingerprint density at radius 2 is 0.535 bits per heavy atom. The highest BCUT2D eigenvalue weighted by molar-refractivity contribution is 5.74. The van der Waals surface area contributed by atoms with Gasteiger partial charge in [0.05, 0.1) is 52.9 Å². The van der Waals surface area contributed by atoms with Crippen molar-refractivity contribution in [3.8, 4) is 0 Å². The Balaban J connectivity index is 1.10. The van der Waals surface area contributed by atoms with Crippen molar-refractivity contribution in [2.75, 3.05) is 52.9 Å². The second kappa shape index (κ2) is 36.3. The third-order valence-electron chi connectivity index (χ3n) is 18.2. The molecule has 40 atom stereocenters. The summed E-state index contributed by atoms with van der Waals surface area (Å²) in [5.74, 6) is -3.37. The van der Waals surface area contributed by atoms with Gasteiger partial charge in [-0.05, 0) is 0 Å². The summed E-state index contributed by atoms with van der Waals surface area (Å²) in [5, 5.41) is 252. The van der Waals surface area contributed by atoms with Crippen LogP contribution in [0.5, 0.6) is 0 Å². The van der Waals surface area contributed by atoms with E-state index in [0.717, 1.165) is 27.7 Å². The highest BCUT2D eigenvalue weighted by Crippen LogP contribution is 2.39. The summed E-state index contributed by atoms with van der Waals surface area (Å²) in [6.45, 7) is -4.40. The summed E-state index contributed by atoms with van der Waals surface area (Å²) in [7, 11) is 0. The van der Waals surface area contributed by atoms with Gasteiger partial charge in [-0.3, -0.25) is 19.2 Å². The first kappa shape index (κ1) is 83.0. The number of rotatable bonds is 26. The molecule has 0 bridgehead atoms. The number of ether oxygens (including phenoxy) is 15. The summed E-state index contributed by atoms with van der Waals surface area (Å²) in [6.07, 6.45) is -72.4. The Morgan fingerprint density at radius 1 is 0.257 bits per heavy atom. The van der Waals surface area contributed by atoms with Crippen LogP contribution in [0.4, 0.5) is 0 Å². The molecule has 0 aromatic rings. The molecule has 4 amide bonds. The van der Waals surface area contributed by atoms with E-state index in [2.05, 4.69) is 21.3 Å². The number of hydrogen-bond donors (Lipinski definition) is 26. The topological polar surface area (TPSA) is 700 Å². The van der Waals surface area contributed by atoms with E-state index in [9.17, 15) is 132 Å². The second-order valence-corrected chi connectivity index (χ2v) is 25.4. The molecule has 8 aliphatic rings. The third kappa shape index (κ3) is 18.5.